The minimum Gasteiger partial charge on any atom is -0.462 e. The predicted molar refractivity (Wildman–Crippen MR) is 446 cm³/mol. The van der Waals surface area contributed by atoms with Gasteiger partial charge < -0.3 is 33.8 Å². The number of phosphoric ester groups is 2. The highest BCUT2D eigenvalue weighted by molar-refractivity contribution is 7.47. The van der Waals surface area contributed by atoms with Crippen LogP contribution in [0.25, 0.3) is 0 Å². The lowest BCUT2D eigenvalue weighted by molar-refractivity contribution is -0.161. The van der Waals surface area contributed by atoms with Crippen LogP contribution in [0.4, 0.5) is 0 Å². The molecule has 0 saturated carbocycles. The average molecular weight is 1580 g/mol. The molecular formula is C89H174O17P2. The highest BCUT2D eigenvalue weighted by Gasteiger charge is 2.30. The number of rotatable bonds is 89. The highest BCUT2D eigenvalue weighted by Crippen LogP contribution is 2.45. The number of hydrogen-bond acceptors (Lipinski definition) is 15. The van der Waals surface area contributed by atoms with Crippen LogP contribution in [0.2, 0.25) is 0 Å². The minimum atomic E-state index is -4.97. The van der Waals surface area contributed by atoms with E-state index in [9.17, 15) is 43.2 Å². The number of ether oxygens (including phenoxy) is 4. The van der Waals surface area contributed by atoms with Crippen LogP contribution in [0, 0.1) is 5.92 Å². The van der Waals surface area contributed by atoms with Gasteiger partial charge in [-0.05, 0) is 31.6 Å². The Morgan fingerprint density at radius 2 is 0.426 bits per heavy atom. The molecule has 0 rings (SSSR count). The maximum atomic E-state index is 13.2. The summed E-state index contributed by atoms with van der Waals surface area (Å²) >= 11 is 0. The first-order valence-corrected chi connectivity index (χ1v) is 49.1. The molecule has 2 unspecified atom stereocenters. The Balaban J connectivity index is 5.22. The van der Waals surface area contributed by atoms with Crippen LogP contribution in [-0.4, -0.2) is 96.7 Å². The zero-order valence-electron chi connectivity index (χ0n) is 71.0. The SMILES string of the molecule is CCCCCCCCCCCCCCCCCCCCCCCC(=O)OC[C@H](COP(=O)(O)OC[C@@H](O)COP(=O)(O)OC[C@@H](COC(=O)CCCCCCCCCCCCC)OC(=O)CCCCCCCCCCCCCCCCC)OC(=O)CCCCCCCCCCCCCCCCCCCCC(C)C. The van der Waals surface area contributed by atoms with E-state index < -0.39 is 97.5 Å². The molecule has 19 heteroatoms. The number of carbonyl (C=O) groups excluding carboxylic acids is 4. The van der Waals surface area contributed by atoms with Crippen molar-refractivity contribution in [2.24, 2.45) is 5.92 Å². The van der Waals surface area contributed by atoms with E-state index in [4.69, 9.17) is 37.0 Å². The number of carbonyl (C=O) groups is 4. The Kier molecular flexibility index (Phi) is 80.2. The number of aliphatic hydroxyl groups excluding tert-OH is 1. The zero-order chi connectivity index (χ0) is 79.0. The summed E-state index contributed by atoms with van der Waals surface area (Å²) in [4.78, 5) is 73.3. The fourth-order valence-corrected chi connectivity index (χ4v) is 15.6. The van der Waals surface area contributed by atoms with Crippen LogP contribution in [0.15, 0.2) is 0 Å². The van der Waals surface area contributed by atoms with Gasteiger partial charge in [0, 0.05) is 25.7 Å². The maximum absolute atomic E-state index is 13.2. The summed E-state index contributed by atoms with van der Waals surface area (Å²) in [7, 11) is -9.93. The molecule has 0 aliphatic carbocycles. The van der Waals surface area contributed by atoms with Gasteiger partial charge in [-0.3, -0.25) is 37.3 Å². The first-order valence-electron chi connectivity index (χ1n) is 46.1. The van der Waals surface area contributed by atoms with Crippen molar-refractivity contribution in [1.82, 2.24) is 0 Å². The largest absolute Gasteiger partial charge is 0.472 e. The first-order chi connectivity index (χ1) is 52.5. The van der Waals surface area contributed by atoms with E-state index >= 15 is 0 Å². The quantitative estimate of drug-likeness (QED) is 0.0222. The molecule has 17 nitrogen and oxygen atoms in total. The van der Waals surface area contributed by atoms with Gasteiger partial charge in [0.15, 0.2) is 12.2 Å². The summed E-state index contributed by atoms with van der Waals surface area (Å²) in [5, 5.41) is 10.7. The molecule has 0 fully saturated rings. The van der Waals surface area contributed by atoms with Crippen LogP contribution in [0.1, 0.15) is 484 Å². The van der Waals surface area contributed by atoms with Gasteiger partial charge in [0.2, 0.25) is 0 Å². The Hall–Kier alpha value is -1.94. The number of esters is 4. The standard InChI is InChI=1S/C89H174O17P2/c1-6-9-12-15-18-21-24-26-28-29-30-31-32-36-40-43-48-53-58-63-68-73-87(92)100-79-85(106-89(94)75-70-65-60-55-50-45-41-37-34-33-35-39-42-47-51-56-61-66-71-82(4)5)81-104-108(97,98)102-77-83(90)76-101-107(95,96)103-80-84(78-99-86(91)72-67-62-57-52-46-23-20-17-14-11-8-3)105-88(93)74-69-64-59-54-49-44-38-27-25-22-19-16-13-10-7-2/h82-85,90H,6-81H2,1-5H3,(H,95,96)(H,97,98)/t83-,84+,85+/m0/s1. The number of phosphoric acid groups is 2. The van der Waals surface area contributed by atoms with Crippen LogP contribution in [-0.2, 0) is 65.4 Å². The lowest BCUT2D eigenvalue weighted by Gasteiger charge is -2.21. The predicted octanol–water partition coefficient (Wildman–Crippen LogP) is 27.5. The Labute approximate surface area is 664 Å². The Bertz CT molecular complexity index is 2050. The van der Waals surface area contributed by atoms with Crippen LogP contribution in [0.3, 0.4) is 0 Å². The molecule has 0 saturated heterocycles. The van der Waals surface area contributed by atoms with E-state index in [2.05, 4.69) is 34.6 Å². The third-order valence-electron chi connectivity index (χ3n) is 21.0. The lowest BCUT2D eigenvalue weighted by atomic mass is 10.0. The van der Waals surface area contributed by atoms with Gasteiger partial charge in [-0.1, -0.05) is 433 Å². The van der Waals surface area contributed by atoms with E-state index in [1.165, 1.54) is 308 Å². The van der Waals surface area contributed by atoms with Crippen molar-refractivity contribution in [2.75, 3.05) is 39.6 Å². The monoisotopic (exact) mass is 1580 g/mol. The molecule has 0 spiro atoms. The number of aliphatic hydroxyl groups is 1. The smallest absolute Gasteiger partial charge is 0.462 e. The summed E-state index contributed by atoms with van der Waals surface area (Å²) in [5.41, 5.74) is 0. The fourth-order valence-electron chi connectivity index (χ4n) is 14.0. The van der Waals surface area contributed by atoms with Crippen molar-refractivity contribution >= 4 is 39.5 Å². The second-order valence-electron chi connectivity index (χ2n) is 32.5. The van der Waals surface area contributed by atoms with Gasteiger partial charge in [-0.2, -0.15) is 0 Å². The van der Waals surface area contributed by atoms with Gasteiger partial charge in [0.25, 0.3) is 0 Å². The highest BCUT2D eigenvalue weighted by atomic mass is 31.2. The molecule has 0 heterocycles. The second-order valence-corrected chi connectivity index (χ2v) is 35.4. The van der Waals surface area contributed by atoms with Crippen LogP contribution < -0.4 is 0 Å². The van der Waals surface area contributed by atoms with Gasteiger partial charge in [-0.25, -0.2) is 9.13 Å². The van der Waals surface area contributed by atoms with Crippen molar-refractivity contribution in [3.8, 4) is 0 Å². The average Bonchev–Trinajstić information content (AvgIpc) is 0.896. The van der Waals surface area contributed by atoms with E-state index in [1.807, 2.05) is 0 Å². The summed E-state index contributed by atoms with van der Waals surface area (Å²) in [6.45, 7) is 7.42. The van der Waals surface area contributed by atoms with Gasteiger partial charge in [0.05, 0.1) is 26.4 Å². The second kappa shape index (κ2) is 81.6. The van der Waals surface area contributed by atoms with Crippen molar-refractivity contribution in [2.45, 2.75) is 502 Å². The molecule has 0 amide bonds. The fraction of sp³-hybridized carbons (Fsp3) is 0.955. The lowest BCUT2D eigenvalue weighted by Crippen LogP contribution is -2.30. The first kappa shape index (κ1) is 106. The number of unbranched alkanes of at least 4 members (excludes halogenated alkanes) is 61. The molecule has 108 heavy (non-hydrogen) atoms. The Morgan fingerprint density at radius 3 is 0.630 bits per heavy atom. The molecule has 0 radical (unpaired) electrons. The third-order valence-corrected chi connectivity index (χ3v) is 22.9. The van der Waals surface area contributed by atoms with Crippen molar-refractivity contribution in [3.63, 3.8) is 0 Å². The minimum absolute atomic E-state index is 0.109. The molecule has 0 aromatic rings. The van der Waals surface area contributed by atoms with Crippen molar-refractivity contribution in [3.05, 3.63) is 0 Å². The third kappa shape index (κ3) is 82.1. The molecule has 5 atom stereocenters. The molecule has 0 bridgehead atoms. The Morgan fingerprint density at radius 1 is 0.250 bits per heavy atom. The van der Waals surface area contributed by atoms with Gasteiger partial charge >= 0.3 is 39.5 Å². The molecule has 642 valence electrons. The van der Waals surface area contributed by atoms with E-state index in [0.29, 0.717) is 25.7 Å². The van der Waals surface area contributed by atoms with E-state index in [-0.39, 0.29) is 25.7 Å². The topological polar surface area (TPSA) is 237 Å². The zero-order valence-corrected chi connectivity index (χ0v) is 72.8. The molecule has 0 aromatic heterocycles. The summed E-state index contributed by atoms with van der Waals surface area (Å²) < 4.78 is 69.0. The normalized spacial score (nSPS) is 13.7. The summed E-state index contributed by atoms with van der Waals surface area (Å²) in [5.74, 6) is -1.27. The molecule has 0 aliphatic heterocycles. The molecule has 0 aromatic carbocycles. The van der Waals surface area contributed by atoms with Crippen molar-refractivity contribution in [1.29, 1.82) is 0 Å². The maximum Gasteiger partial charge on any atom is 0.472 e. The van der Waals surface area contributed by atoms with Gasteiger partial charge in [0.1, 0.15) is 19.3 Å². The molecule has 3 N–H and O–H groups in total. The van der Waals surface area contributed by atoms with Gasteiger partial charge in [-0.15, -0.1) is 0 Å². The van der Waals surface area contributed by atoms with Crippen LogP contribution in [0.5, 0.6) is 0 Å². The summed E-state index contributed by atoms with van der Waals surface area (Å²) in [6, 6.07) is 0. The summed E-state index contributed by atoms with van der Waals surface area (Å²) in [6.07, 6.45) is 76.4. The van der Waals surface area contributed by atoms with Crippen molar-refractivity contribution < 1.29 is 80.2 Å². The molecule has 0 aliphatic rings. The molecular weight excluding hydrogens is 1400 g/mol. The van der Waals surface area contributed by atoms with Crippen LogP contribution >= 0.6 is 15.6 Å². The van der Waals surface area contributed by atoms with E-state index in [1.54, 1.807) is 0 Å². The van der Waals surface area contributed by atoms with E-state index in [0.717, 1.165) is 95.8 Å². The number of hydrogen-bond donors (Lipinski definition) is 3.